The molecule has 0 unspecified atom stereocenters. The first-order valence-corrected chi connectivity index (χ1v) is 4.62. The van der Waals surface area contributed by atoms with Gasteiger partial charge < -0.3 is 4.90 Å². The zero-order valence-corrected chi connectivity index (χ0v) is 8.67. The molecule has 1 rings (SSSR count). The molecular weight excluding hydrogens is 148 g/mol. The summed E-state index contributed by atoms with van der Waals surface area (Å²) in [5, 5.41) is 0. The molecule has 1 heterocycles. The molecule has 0 N–H and O–H groups in total. The predicted octanol–water partition coefficient (Wildman–Crippen LogP) is 1.40. The molecule has 12 heavy (non-hydrogen) atoms. The van der Waals surface area contributed by atoms with Crippen molar-refractivity contribution in [3.05, 3.63) is 12.3 Å². The van der Waals surface area contributed by atoms with Crippen LogP contribution < -0.4 is 0 Å². The lowest BCUT2D eigenvalue weighted by atomic mass is 9.95. The van der Waals surface area contributed by atoms with E-state index in [1.165, 1.54) is 18.8 Å². The molecule has 0 amide bonds. The molecule has 2 heteroatoms. The van der Waals surface area contributed by atoms with E-state index in [0.29, 0.717) is 12.0 Å². The molecule has 0 atom stereocenters. The maximum atomic E-state index is 4.07. The van der Waals surface area contributed by atoms with Gasteiger partial charge in [0.2, 0.25) is 0 Å². The fourth-order valence-electron chi connectivity index (χ4n) is 1.51. The summed E-state index contributed by atoms with van der Waals surface area (Å²) in [7, 11) is 4.14. The van der Waals surface area contributed by atoms with Crippen molar-refractivity contribution in [2.24, 2.45) is 5.92 Å². The third-order valence-electron chi connectivity index (χ3n) is 2.69. The highest BCUT2D eigenvalue weighted by atomic mass is 15.2. The monoisotopic (exact) mass is 168 g/mol. The van der Waals surface area contributed by atoms with E-state index in [9.17, 15) is 0 Å². The third kappa shape index (κ3) is 1.81. The lowest BCUT2D eigenvalue weighted by Gasteiger charge is -2.44. The number of hydrogen-bond acceptors (Lipinski definition) is 2. The van der Waals surface area contributed by atoms with Gasteiger partial charge in [-0.05, 0) is 13.8 Å². The zero-order chi connectivity index (χ0) is 9.30. The molecule has 1 fully saturated rings. The van der Waals surface area contributed by atoms with Gasteiger partial charge >= 0.3 is 0 Å². The van der Waals surface area contributed by atoms with Crippen molar-refractivity contribution < 1.29 is 0 Å². The van der Waals surface area contributed by atoms with Gasteiger partial charge in [0.25, 0.3) is 0 Å². The van der Waals surface area contributed by atoms with Crippen LogP contribution in [0.25, 0.3) is 0 Å². The van der Waals surface area contributed by atoms with E-state index in [2.05, 4.69) is 44.3 Å². The standard InChI is InChI=1S/C10H20N2/c1-8(2)12-6-10(7-12)9(3)11(4)5/h8,10H,3,6-7H2,1-2,4-5H3. The molecular formula is C10H20N2. The van der Waals surface area contributed by atoms with E-state index in [1.807, 2.05) is 0 Å². The zero-order valence-electron chi connectivity index (χ0n) is 8.67. The lowest BCUT2D eigenvalue weighted by Crippen LogP contribution is -2.52. The van der Waals surface area contributed by atoms with Crippen LogP contribution in [0.15, 0.2) is 12.3 Å². The number of likely N-dealkylation sites (tertiary alicyclic amines) is 1. The number of hydrogen-bond donors (Lipinski definition) is 0. The summed E-state index contributed by atoms with van der Waals surface area (Å²) >= 11 is 0. The molecule has 70 valence electrons. The lowest BCUT2D eigenvalue weighted by molar-refractivity contribution is 0.0756. The fraction of sp³-hybridized carbons (Fsp3) is 0.800. The van der Waals surface area contributed by atoms with Crippen molar-refractivity contribution in [2.45, 2.75) is 19.9 Å². The summed E-state index contributed by atoms with van der Waals surface area (Å²) in [6.07, 6.45) is 0. The predicted molar refractivity (Wildman–Crippen MR) is 53.0 cm³/mol. The van der Waals surface area contributed by atoms with Gasteiger partial charge in [-0.3, -0.25) is 4.90 Å². The summed E-state index contributed by atoms with van der Waals surface area (Å²) in [5.41, 5.74) is 1.27. The van der Waals surface area contributed by atoms with Crippen LogP contribution in [0.3, 0.4) is 0 Å². The summed E-state index contributed by atoms with van der Waals surface area (Å²) in [4.78, 5) is 4.60. The van der Waals surface area contributed by atoms with Gasteiger partial charge in [0.05, 0.1) is 0 Å². The van der Waals surface area contributed by atoms with E-state index in [4.69, 9.17) is 0 Å². The van der Waals surface area contributed by atoms with Gasteiger partial charge in [0.15, 0.2) is 0 Å². The Morgan fingerprint density at radius 1 is 1.42 bits per heavy atom. The molecule has 1 saturated heterocycles. The molecule has 0 aliphatic carbocycles. The number of rotatable bonds is 3. The molecule has 1 aliphatic rings. The molecule has 0 spiro atoms. The number of nitrogens with zero attached hydrogens (tertiary/aromatic N) is 2. The quantitative estimate of drug-likeness (QED) is 0.628. The van der Waals surface area contributed by atoms with Gasteiger partial charge in [-0.15, -0.1) is 0 Å². The van der Waals surface area contributed by atoms with Crippen LogP contribution in [0, 0.1) is 5.92 Å². The molecule has 1 aliphatic heterocycles. The molecule has 0 aromatic rings. The van der Waals surface area contributed by atoms with Crippen LogP contribution in [0.5, 0.6) is 0 Å². The van der Waals surface area contributed by atoms with Crippen LogP contribution >= 0.6 is 0 Å². The minimum Gasteiger partial charge on any atom is -0.381 e. The largest absolute Gasteiger partial charge is 0.381 e. The van der Waals surface area contributed by atoms with Crippen LogP contribution in [-0.2, 0) is 0 Å². The molecule has 0 aromatic carbocycles. The molecule has 0 saturated carbocycles. The molecule has 0 radical (unpaired) electrons. The van der Waals surface area contributed by atoms with Crippen molar-refractivity contribution in [1.29, 1.82) is 0 Å². The second kappa shape index (κ2) is 3.48. The van der Waals surface area contributed by atoms with E-state index in [1.54, 1.807) is 0 Å². The fourth-order valence-corrected chi connectivity index (χ4v) is 1.51. The normalized spacial score (nSPS) is 19.4. The van der Waals surface area contributed by atoms with E-state index >= 15 is 0 Å². The average molecular weight is 168 g/mol. The first-order chi connectivity index (χ1) is 5.52. The Morgan fingerprint density at radius 2 is 1.92 bits per heavy atom. The summed E-state index contributed by atoms with van der Waals surface area (Å²) in [5.74, 6) is 0.697. The minimum atomic E-state index is 0.691. The minimum absolute atomic E-state index is 0.691. The Labute approximate surface area is 75.8 Å². The van der Waals surface area contributed by atoms with Crippen LogP contribution in [0.4, 0.5) is 0 Å². The summed E-state index contributed by atoms with van der Waals surface area (Å²) < 4.78 is 0. The van der Waals surface area contributed by atoms with Crippen LogP contribution in [0.2, 0.25) is 0 Å². The van der Waals surface area contributed by atoms with Crippen LogP contribution in [-0.4, -0.2) is 43.0 Å². The highest BCUT2D eigenvalue weighted by Gasteiger charge is 2.30. The Kier molecular flexibility index (Phi) is 2.78. The highest BCUT2D eigenvalue weighted by molar-refractivity contribution is 5.05. The maximum Gasteiger partial charge on any atom is 0.0237 e. The third-order valence-corrected chi connectivity index (χ3v) is 2.69. The van der Waals surface area contributed by atoms with E-state index < -0.39 is 0 Å². The Hall–Kier alpha value is -0.500. The maximum absolute atomic E-state index is 4.07. The van der Waals surface area contributed by atoms with Crippen molar-refractivity contribution in [3.8, 4) is 0 Å². The average Bonchev–Trinajstić information content (AvgIpc) is 1.82. The molecule has 0 bridgehead atoms. The first kappa shape index (κ1) is 9.59. The topological polar surface area (TPSA) is 6.48 Å². The molecule has 2 nitrogen and oxygen atoms in total. The van der Waals surface area contributed by atoms with Crippen molar-refractivity contribution in [2.75, 3.05) is 27.2 Å². The second-order valence-electron chi connectivity index (χ2n) is 4.13. The Morgan fingerprint density at radius 3 is 2.25 bits per heavy atom. The van der Waals surface area contributed by atoms with Gasteiger partial charge in [-0.1, -0.05) is 6.58 Å². The van der Waals surface area contributed by atoms with E-state index in [-0.39, 0.29) is 0 Å². The van der Waals surface area contributed by atoms with E-state index in [0.717, 1.165) is 0 Å². The second-order valence-corrected chi connectivity index (χ2v) is 4.13. The van der Waals surface area contributed by atoms with Gasteiger partial charge in [-0.25, -0.2) is 0 Å². The van der Waals surface area contributed by atoms with Crippen molar-refractivity contribution in [3.63, 3.8) is 0 Å². The summed E-state index contributed by atoms with van der Waals surface area (Å²) in [6, 6.07) is 0.691. The highest BCUT2D eigenvalue weighted by Crippen LogP contribution is 2.24. The van der Waals surface area contributed by atoms with Gasteiger partial charge in [-0.2, -0.15) is 0 Å². The molecule has 0 aromatic heterocycles. The van der Waals surface area contributed by atoms with Gasteiger partial charge in [0, 0.05) is 44.8 Å². The Balaban J connectivity index is 2.30. The SMILES string of the molecule is C=C(C1CN(C(C)C)C1)N(C)C. The van der Waals surface area contributed by atoms with Gasteiger partial charge in [0.1, 0.15) is 0 Å². The summed E-state index contributed by atoms with van der Waals surface area (Å²) in [6.45, 7) is 10.9. The van der Waals surface area contributed by atoms with Crippen LogP contribution in [0.1, 0.15) is 13.8 Å². The van der Waals surface area contributed by atoms with Crippen molar-refractivity contribution >= 4 is 0 Å². The Bertz CT molecular complexity index is 167. The smallest absolute Gasteiger partial charge is 0.0237 e. The first-order valence-electron chi connectivity index (χ1n) is 4.62. The van der Waals surface area contributed by atoms with Crippen molar-refractivity contribution in [1.82, 2.24) is 9.80 Å².